The topological polar surface area (TPSA) is 63.8 Å². The third-order valence-corrected chi connectivity index (χ3v) is 4.89. The number of nitrogens with zero attached hydrogens (tertiary/aromatic N) is 2. The van der Waals surface area contributed by atoms with Crippen LogP contribution in [0.3, 0.4) is 0 Å². The van der Waals surface area contributed by atoms with Crippen molar-refractivity contribution in [3.8, 4) is 5.75 Å². The lowest BCUT2D eigenvalue weighted by molar-refractivity contribution is 0.0963. The number of aliphatic hydroxyl groups is 1. The molecule has 5 heteroatoms. The molecule has 1 N–H and O–H groups in total. The summed E-state index contributed by atoms with van der Waals surface area (Å²) in [6.07, 6.45) is 2.73. The van der Waals surface area contributed by atoms with Crippen LogP contribution in [0, 0.1) is 13.8 Å². The van der Waals surface area contributed by atoms with E-state index in [4.69, 9.17) is 4.74 Å². The van der Waals surface area contributed by atoms with Crippen molar-refractivity contribution in [2.24, 2.45) is 0 Å². The summed E-state index contributed by atoms with van der Waals surface area (Å²) < 4.78 is 7.46. The van der Waals surface area contributed by atoms with Crippen LogP contribution in [0.1, 0.15) is 53.0 Å². The maximum absolute atomic E-state index is 13.2. The molecular weight excluding hydrogens is 340 g/mol. The van der Waals surface area contributed by atoms with Gasteiger partial charge in [0.15, 0.2) is 17.2 Å². The SMILES string of the molecule is CCOc1cccn2c(C(=O)C[C@@H](CCO)c3ccccc3C)c(C)nc12. The number of pyridine rings is 1. The van der Waals surface area contributed by atoms with Crippen LogP contribution in [-0.2, 0) is 0 Å². The average Bonchev–Trinajstić information content (AvgIpc) is 2.99. The predicted octanol–water partition coefficient (Wildman–Crippen LogP) is 4.09. The minimum atomic E-state index is -0.0243. The third-order valence-electron chi connectivity index (χ3n) is 4.89. The average molecular weight is 366 g/mol. The number of fused-ring (bicyclic) bond motifs is 1. The van der Waals surface area contributed by atoms with Gasteiger partial charge in [-0.1, -0.05) is 24.3 Å². The summed E-state index contributed by atoms with van der Waals surface area (Å²) in [5.41, 5.74) is 4.19. The van der Waals surface area contributed by atoms with Crippen molar-refractivity contribution in [1.82, 2.24) is 9.38 Å². The number of aryl methyl sites for hydroxylation is 2. The van der Waals surface area contributed by atoms with Gasteiger partial charge < -0.3 is 9.84 Å². The molecule has 0 spiro atoms. The zero-order chi connectivity index (χ0) is 19.4. The van der Waals surface area contributed by atoms with Gasteiger partial charge in [0.1, 0.15) is 5.69 Å². The highest BCUT2D eigenvalue weighted by Gasteiger charge is 2.23. The maximum atomic E-state index is 13.2. The lowest BCUT2D eigenvalue weighted by atomic mass is 9.87. The van der Waals surface area contributed by atoms with Gasteiger partial charge in [-0.15, -0.1) is 0 Å². The summed E-state index contributed by atoms with van der Waals surface area (Å²) in [7, 11) is 0. The standard InChI is InChI=1S/C22H26N2O3/c1-4-27-20-10-7-12-24-21(16(3)23-22(20)24)19(26)14-17(11-13-25)18-9-6-5-8-15(18)2/h5-10,12,17,25H,4,11,13-14H2,1-3H3/t17-/m1/s1. The van der Waals surface area contributed by atoms with Crippen molar-refractivity contribution in [2.45, 2.75) is 39.5 Å². The molecule has 0 aliphatic carbocycles. The minimum absolute atomic E-state index is 0.0235. The fourth-order valence-electron chi connectivity index (χ4n) is 3.65. The van der Waals surface area contributed by atoms with Crippen LogP contribution in [0.25, 0.3) is 5.65 Å². The predicted molar refractivity (Wildman–Crippen MR) is 106 cm³/mol. The molecule has 2 aromatic heterocycles. The Labute approximate surface area is 159 Å². The van der Waals surface area contributed by atoms with E-state index in [9.17, 15) is 9.90 Å². The van der Waals surface area contributed by atoms with E-state index in [0.717, 1.165) is 11.1 Å². The number of ketones is 1. The molecule has 3 aromatic rings. The first-order chi connectivity index (χ1) is 13.1. The van der Waals surface area contributed by atoms with E-state index in [0.29, 0.717) is 42.2 Å². The van der Waals surface area contributed by atoms with Gasteiger partial charge in [0.25, 0.3) is 0 Å². The fraction of sp³-hybridized carbons (Fsp3) is 0.364. The highest BCUT2D eigenvalue weighted by molar-refractivity contribution is 5.97. The Morgan fingerprint density at radius 3 is 2.70 bits per heavy atom. The van der Waals surface area contributed by atoms with Crippen LogP contribution in [0.2, 0.25) is 0 Å². The first-order valence-corrected chi connectivity index (χ1v) is 9.36. The van der Waals surface area contributed by atoms with Gasteiger partial charge in [-0.25, -0.2) is 4.98 Å². The summed E-state index contributed by atoms with van der Waals surface area (Å²) in [5.74, 6) is 0.673. The van der Waals surface area contributed by atoms with Crippen LogP contribution >= 0.6 is 0 Å². The van der Waals surface area contributed by atoms with E-state index in [2.05, 4.69) is 4.98 Å². The molecule has 3 rings (SSSR count). The number of rotatable bonds is 8. The van der Waals surface area contributed by atoms with E-state index < -0.39 is 0 Å². The summed E-state index contributed by atoms with van der Waals surface area (Å²) in [6, 6.07) is 11.8. The quantitative estimate of drug-likeness (QED) is 0.610. The highest BCUT2D eigenvalue weighted by atomic mass is 16.5. The lowest BCUT2D eigenvalue weighted by Gasteiger charge is -2.18. The Morgan fingerprint density at radius 1 is 1.22 bits per heavy atom. The molecule has 0 saturated carbocycles. The highest BCUT2D eigenvalue weighted by Crippen LogP contribution is 2.29. The molecule has 0 fully saturated rings. The number of hydrogen-bond donors (Lipinski definition) is 1. The van der Waals surface area contributed by atoms with Gasteiger partial charge in [0.2, 0.25) is 0 Å². The second-order valence-electron chi connectivity index (χ2n) is 6.74. The van der Waals surface area contributed by atoms with Gasteiger partial charge >= 0.3 is 0 Å². The van der Waals surface area contributed by atoms with E-state index >= 15 is 0 Å². The molecule has 0 unspecified atom stereocenters. The molecule has 0 amide bonds. The van der Waals surface area contributed by atoms with Crippen molar-refractivity contribution >= 4 is 11.4 Å². The van der Waals surface area contributed by atoms with Gasteiger partial charge in [-0.05, 0) is 56.4 Å². The van der Waals surface area contributed by atoms with Crippen LogP contribution in [0.5, 0.6) is 5.75 Å². The molecule has 142 valence electrons. The number of aromatic nitrogens is 2. The third kappa shape index (κ3) is 3.88. The molecule has 0 aliphatic rings. The molecule has 0 aliphatic heterocycles. The Kier molecular flexibility index (Phi) is 5.91. The summed E-state index contributed by atoms with van der Waals surface area (Å²) in [6.45, 7) is 6.41. The Bertz CT molecular complexity index is 946. The van der Waals surface area contributed by atoms with Gasteiger partial charge in [-0.2, -0.15) is 0 Å². The molecule has 1 aromatic carbocycles. The van der Waals surface area contributed by atoms with Crippen molar-refractivity contribution in [3.63, 3.8) is 0 Å². The van der Waals surface area contributed by atoms with Gasteiger partial charge in [0.05, 0.1) is 12.3 Å². The van der Waals surface area contributed by atoms with E-state index in [1.165, 1.54) is 0 Å². The first-order valence-electron chi connectivity index (χ1n) is 9.36. The Morgan fingerprint density at radius 2 is 2.00 bits per heavy atom. The lowest BCUT2D eigenvalue weighted by Crippen LogP contribution is -2.13. The number of carbonyl (C=O) groups is 1. The van der Waals surface area contributed by atoms with Crippen LogP contribution < -0.4 is 4.74 Å². The Hall–Kier alpha value is -2.66. The number of benzene rings is 1. The summed E-state index contributed by atoms with van der Waals surface area (Å²) in [4.78, 5) is 17.8. The molecule has 5 nitrogen and oxygen atoms in total. The molecule has 27 heavy (non-hydrogen) atoms. The number of imidazole rings is 1. The van der Waals surface area contributed by atoms with E-state index in [1.807, 2.05) is 67.8 Å². The van der Waals surface area contributed by atoms with E-state index in [1.54, 1.807) is 0 Å². The second-order valence-corrected chi connectivity index (χ2v) is 6.74. The van der Waals surface area contributed by atoms with Crippen LogP contribution in [0.4, 0.5) is 0 Å². The van der Waals surface area contributed by atoms with E-state index in [-0.39, 0.29) is 18.3 Å². The van der Waals surface area contributed by atoms with Crippen molar-refractivity contribution in [1.29, 1.82) is 0 Å². The van der Waals surface area contributed by atoms with Crippen LogP contribution in [-0.4, -0.2) is 33.5 Å². The van der Waals surface area contributed by atoms with Gasteiger partial charge in [0, 0.05) is 19.2 Å². The number of hydrogen-bond acceptors (Lipinski definition) is 4. The molecule has 0 saturated heterocycles. The molecule has 1 atom stereocenters. The normalized spacial score (nSPS) is 12.3. The minimum Gasteiger partial charge on any atom is -0.490 e. The smallest absolute Gasteiger partial charge is 0.182 e. The largest absolute Gasteiger partial charge is 0.490 e. The zero-order valence-corrected chi connectivity index (χ0v) is 16.1. The number of Topliss-reactive ketones (excluding diaryl/α,β-unsaturated/α-hetero) is 1. The van der Waals surface area contributed by atoms with Crippen molar-refractivity contribution < 1.29 is 14.6 Å². The van der Waals surface area contributed by atoms with Crippen LogP contribution in [0.15, 0.2) is 42.6 Å². The maximum Gasteiger partial charge on any atom is 0.182 e. The molecular formula is C22H26N2O3. The number of carbonyl (C=O) groups excluding carboxylic acids is 1. The molecule has 0 bridgehead atoms. The molecule has 2 heterocycles. The number of ether oxygens (including phenoxy) is 1. The number of aliphatic hydroxyl groups excluding tert-OH is 1. The summed E-state index contributed by atoms with van der Waals surface area (Å²) >= 11 is 0. The second kappa shape index (κ2) is 8.35. The van der Waals surface area contributed by atoms with Crippen molar-refractivity contribution in [3.05, 3.63) is 65.1 Å². The zero-order valence-electron chi connectivity index (χ0n) is 16.1. The van der Waals surface area contributed by atoms with Crippen molar-refractivity contribution in [2.75, 3.05) is 13.2 Å². The van der Waals surface area contributed by atoms with Gasteiger partial charge in [-0.3, -0.25) is 9.20 Å². The fourth-order valence-corrected chi connectivity index (χ4v) is 3.65. The molecule has 0 radical (unpaired) electrons. The monoisotopic (exact) mass is 366 g/mol. The summed E-state index contributed by atoms with van der Waals surface area (Å²) in [5, 5.41) is 9.51. The Balaban J connectivity index is 1.96. The first kappa shape index (κ1) is 19.1.